The Morgan fingerprint density at radius 1 is 0.389 bits per heavy atom. The summed E-state index contributed by atoms with van der Waals surface area (Å²) in [6, 6.07) is 0. The number of carbonyl (C=O) groups excluding carboxylic acids is 1. The molecule has 18 heteroatoms. The third-order valence-corrected chi connectivity index (χ3v) is 9.51. The molecule has 1 aliphatic rings. The van der Waals surface area contributed by atoms with Gasteiger partial charge >= 0.3 is 0 Å². The van der Waals surface area contributed by atoms with Crippen LogP contribution in [-0.4, -0.2) is 218 Å². The maximum Gasteiger partial charge on any atom is 0.245 e. The van der Waals surface area contributed by atoms with Gasteiger partial charge in [0.1, 0.15) is 11.2 Å². The highest BCUT2D eigenvalue weighted by Gasteiger charge is 2.55. The summed E-state index contributed by atoms with van der Waals surface area (Å²) >= 11 is 3.55. The molecule has 0 aliphatic carbocycles. The summed E-state index contributed by atoms with van der Waals surface area (Å²) in [7, 11) is 1.64. The zero-order valence-corrected chi connectivity index (χ0v) is 35.3. The summed E-state index contributed by atoms with van der Waals surface area (Å²) < 4.78 is 78.1. The molecule has 0 N–H and O–H groups in total. The molecule has 54 heavy (non-hydrogen) atoms. The van der Waals surface area contributed by atoms with Gasteiger partial charge in [0, 0.05) is 29.8 Å². The second-order valence-corrected chi connectivity index (χ2v) is 13.5. The van der Waals surface area contributed by atoms with Gasteiger partial charge in [-0.05, 0) is 27.7 Å². The number of halogens is 1. The molecule has 1 fully saturated rings. The molecular formula is C36H71BrN2O15. The van der Waals surface area contributed by atoms with Crippen molar-refractivity contribution in [1.29, 1.82) is 0 Å². The number of nitrogens with zero attached hydrogens (tertiary/aromatic N) is 2. The largest absolute Gasteiger partial charge is 0.382 e. The van der Waals surface area contributed by atoms with Crippen LogP contribution in [0.25, 0.3) is 0 Å². The zero-order chi connectivity index (χ0) is 39.4. The highest BCUT2D eigenvalue weighted by molar-refractivity contribution is 9.07. The van der Waals surface area contributed by atoms with Crippen LogP contribution >= 0.6 is 16.1 Å². The molecule has 0 aromatic heterocycles. The van der Waals surface area contributed by atoms with Crippen molar-refractivity contribution in [3.8, 4) is 0 Å². The predicted molar refractivity (Wildman–Crippen MR) is 203 cm³/mol. The molecule has 1 aliphatic heterocycles. The van der Waals surface area contributed by atoms with Crippen LogP contribution in [-0.2, 0) is 71.1 Å². The van der Waals surface area contributed by atoms with Crippen molar-refractivity contribution in [2.45, 2.75) is 38.9 Å². The van der Waals surface area contributed by atoms with Crippen molar-refractivity contribution in [3.05, 3.63) is 0 Å². The fraction of sp³-hybridized carbons (Fsp3) is 0.972. The minimum absolute atomic E-state index is 0.0757. The van der Waals surface area contributed by atoms with E-state index in [0.29, 0.717) is 185 Å². The first-order valence-electron chi connectivity index (χ1n) is 19.0. The average molecular weight is 852 g/mol. The molecule has 1 saturated heterocycles. The molecule has 0 atom stereocenters. The van der Waals surface area contributed by atoms with Crippen LogP contribution in [0.4, 0.5) is 0 Å². The lowest BCUT2D eigenvalue weighted by atomic mass is 10.1. The SMILES string of the molecule is COCCOCCOCCOCCOCCOCCOCCOCCOCCOCCOCCOCCOCCOCCN1C(=O)C(C)(C)N(Br)C1(C)C. The van der Waals surface area contributed by atoms with Gasteiger partial charge in [-0.25, -0.2) is 3.93 Å². The van der Waals surface area contributed by atoms with Crippen LogP contribution in [0.2, 0.25) is 0 Å². The van der Waals surface area contributed by atoms with E-state index in [2.05, 4.69) is 16.1 Å². The first-order chi connectivity index (χ1) is 26.3. The summed E-state index contributed by atoms with van der Waals surface area (Å²) in [5.41, 5.74) is -1.02. The summed E-state index contributed by atoms with van der Waals surface area (Å²) in [6.07, 6.45) is 0. The van der Waals surface area contributed by atoms with Gasteiger partial charge < -0.3 is 71.2 Å². The number of rotatable bonds is 42. The highest BCUT2D eigenvalue weighted by Crippen LogP contribution is 2.40. The minimum atomic E-state index is -0.594. The third kappa shape index (κ3) is 26.3. The normalized spacial score (nSPS) is 15.6. The van der Waals surface area contributed by atoms with E-state index in [-0.39, 0.29) is 5.91 Å². The number of carbonyl (C=O) groups is 1. The molecule has 0 unspecified atom stereocenters. The molecule has 0 saturated carbocycles. The minimum Gasteiger partial charge on any atom is -0.382 e. The molecule has 1 rings (SSSR count). The topological polar surface area (TPSA) is 153 Å². The summed E-state index contributed by atoms with van der Waals surface area (Å²) in [4.78, 5) is 14.5. The van der Waals surface area contributed by atoms with Crippen molar-refractivity contribution in [1.82, 2.24) is 8.83 Å². The molecule has 1 amide bonds. The first-order valence-corrected chi connectivity index (χ1v) is 19.7. The number of methoxy groups -OCH3 is 1. The second kappa shape index (κ2) is 35.5. The van der Waals surface area contributed by atoms with E-state index < -0.39 is 11.2 Å². The van der Waals surface area contributed by atoms with Crippen LogP contribution in [0.15, 0.2) is 0 Å². The third-order valence-electron chi connectivity index (χ3n) is 7.76. The Morgan fingerprint density at radius 2 is 0.593 bits per heavy atom. The number of hydrogen-bond donors (Lipinski definition) is 0. The smallest absolute Gasteiger partial charge is 0.245 e. The predicted octanol–water partition coefficient (Wildman–Crippen LogP) is 1.82. The van der Waals surface area contributed by atoms with E-state index >= 15 is 0 Å². The lowest BCUT2D eigenvalue weighted by Gasteiger charge is -2.35. The van der Waals surface area contributed by atoms with Gasteiger partial charge in [0.25, 0.3) is 0 Å². The number of hydrogen-bond acceptors (Lipinski definition) is 16. The fourth-order valence-corrected chi connectivity index (χ4v) is 5.21. The molecule has 17 nitrogen and oxygen atoms in total. The molecule has 0 spiro atoms. The van der Waals surface area contributed by atoms with Gasteiger partial charge in [-0.3, -0.25) is 4.79 Å². The number of ether oxygens (including phenoxy) is 14. The molecule has 0 aromatic carbocycles. The summed E-state index contributed by atoms with van der Waals surface area (Å²) in [5, 5.41) is 0. The standard InChI is InChI=1S/C36H71BrN2O15/c1-35(2)34(40)38(36(3,4)39(35)37)6-7-42-10-11-44-14-15-46-18-19-48-22-23-50-26-27-52-30-31-54-33-32-53-29-28-51-25-24-49-21-20-47-17-16-45-13-12-43-9-8-41-5/h6-33H2,1-5H3. The Labute approximate surface area is 332 Å². The molecular weight excluding hydrogens is 780 g/mol. The van der Waals surface area contributed by atoms with E-state index in [1.165, 1.54) is 0 Å². The lowest BCUT2D eigenvalue weighted by Crippen LogP contribution is -2.47. The highest BCUT2D eigenvalue weighted by atomic mass is 79.9. The molecule has 0 bridgehead atoms. The van der Waals surface area contributed by atoms with Crippen molar-refractivity contribution >= 4 is 22.1 Å². The average Bonchev–Trinajstić information content (AvgIpc) is 3.27. The Kier molecular flexibility index (Phi) is 33.8. The van der Waals surface area contributed by atoms with Gasteiger partial charge in [-0.15, -0.1) is 0 Å². The van der Waals surface area contributed by atoms with Gasteiger partial charge in [0.05, 0.1) is 178 Å². The molecule has 0 aromatic rings. The fourth-order valence-electron chi connectivity index (χ4n) is 4.87. The monoisotopic (exact) mass is 850 g/mol. The number of amides is 1. The van der Waals surface area contributed by atoms with E-state index in [0.717, 1.165) is 0 Å². The van der Waals surface area contributed by atoms with Crippen molar-refractivity contribution in [3.63, 3.8) is 0 Å². The molecule has 322 valence electrons. The van der Waals surface area contributed by atoms with Crippen LogP contribution in [0.1, 0.15) is 27.7 Å². The van der Waals surface area contributed by atoms with Gasteiger partial charge in [-0.2, -0.15) is 0 Å². The van der Waals surface area contributed by atoms with Crippen LogP contribution in [0, 0.1) is 0 Å². The van der Waals surface area contributed by atoms with E-state index in [4.69, 9.17) is 66.3 Å². The molecule has 1 heterocycles. The first kappa shape index (κ1) is 51.4. The Bertz CT molecular complexity index is 850. The van der Waals surface area contributed by atoms with Crippen molar-refractivity contribution in [2.24, 2.45) is 0 Å². The van der Waals surface area contributed by atoms with Crippen LogP contribution in [0.3, 0.4) is 0 Å². The van der Waals surface area contributed by atoms with Crippen molar-refractivity contribution < 1.29 is 71.1 Å². The van der Waals surface area contributed by atoms with Gasteiger partial charge in [0.2, 0.25) is 5.91 Å². The second-order valence-electron chi connectivity index (χ2n) is 12.7. The Balaban J connectivity index is 1.67. The lowest BCUT2D eigenvalue weighted by molar-refractivity contribution is -0.134. The Morgan fingerprint density at radius 3 is 0.778 bits per heavy atom. The van der Waals surface area contributed by atoms with E-state index in [1.807, 2.05) is 36.5 Å². The molecule has 0 radical (unpaired) electrons. The van der Waals surface area contributed by atoms with Crippen molar-refractivity contribution in [2.75, 3.05) is 192 Å². The maximum atomic E-state index is 12.7. The van der Waals surface area contributed by atoms with E-state index in [1.54, 1.807) is 7.11 Å². The van der Waals surface area contributed by atoms with Crippen LogP contribution < -0.4 is 0 Å². The maximum absolute atomic E-state index is 12.7. The van der Waals surface area contributed by atoms with E-state index in [9.17, 15) is 4.79 Å². The van der Waals surface area contributed by atoms with Gasteiger partial charge in [0.15, 0.2) is 0 Å². The van der Waals surface area contributed by atoms with Gasteiger partial charge in [-0.1, -0.05) is 0 Å². The zero-order valence-electron chi connectivity index (χ0n) is 33.7. The quantitative estimate of drug-likeness (QED) is 0.0648. The Hall–Kier alpha value is -0.650. The summed E-state index contributed by atoms with van der Waals surface area (Å²) in [6.45, 7) is 22.0. The summed E-state index contributed by atoms with van der Waals surface area (Å²) in [5.74, 6) is 0.0757. The van der Waals surface area contributed by atoms with Crippen LogP contribution in [0.5, 0.6) is 0 Å².